The molecule has 0 unspecified atom stereocenters. The van der Waals surface area contributed by atoms with Gasteiger partial charge in [-0.3, -0.25) is 0 Å². The van der Waals surface area contributed by atoms with Crippen LogP contribution in [0.5, 0.6) is 0 Å². The van der Waals surface area contributed by atoms with E-state index in [0.717, 1.165) is 4.48 Å². The summed E-state index contributed by atoms with van der Waals surface area (Å²) in [6.07, 6.45) is -37.6. The number of rotatable bonds is 0. The molecule has 1 nitrogen and oxygen atoms in total. The number of hydrogen-bond acceptors (Lipinski definition) is 0. The van der Waals surface area contributed by atoms with E-state index in [4.69, 9.17) is 0 Å². The second-order valence-corrected chi connectivity index (χ2v) is 12.6. The summed E-state index contributed by atoms with van der Waals surface area (Å²) in [5.74, 6) is 8.60. The van der Waals surface area contributed by atoms with Gasteiger partial charge in [0.25, 0.3) is 0 Å². The molecule has 3 aromatic carbocycles. The normalized spacial score (nSPS) is 12.9. The van der Waals surface area contributed by atoms with E-state index in [1.54, 1.807) is 0 Å². The van der Waals surface area contributed by atoms with Crippen molar-refractivity contribution in [1.82, 2.24) is 0 Å². The molecule has 0 spiro atoms. The van der Waals surface area contributed by atoms with Crippen LogP contribution < -0.4 is 0 Å². The predicted octanol–water partition coefficient (Wildman–Crippen LogP) is 11.1. The van der Waals surface area contributed by atoms with Gasteiger partial charge in [0.05, 0.1) is 61.6 Å². The fourth-order valence-electron chi connectivity index (χ4n) is 3.74. The Hall–Kier alpha value is -4.97. The Balaban J connectivity index is 0.00000196. The SMILES string of the molecule is C[N+](C)(C)C.F[B-](C#Cc1cc(C(F)(F)F)cc(C(F)(F)F)c1)(C#Cc1cc(C(F)(F)F)cc(C(F)(F)F)c1)C#Cc1cc(C(F)(F)F)cc(C(F)(F)F)c1. The van der Waals surface area contributed by atoms with Crippen molar-refractivity contribution < 1.29 is 87.8 Å². The van der Waals surface area contributed by atoms with Crippen LogP contribution >= 0.6 is 0 Å². The standard InChI is InChI=1S/C30H9BF19.C4H12N/c32-25(33,34)19-7-16(8-20(13-19)26(35,36)37)1-4-31(50,5-2-17-9-21(27(38,39)40)14-22(10-17)28(41,42)43)6-3-18-11-23(29(44,45)46)15-24(12-18)30(47,48)49;1-5(2,3)4/h7-15H;1-4H3/q-1;+1. The fraction of sp³-hybridized carbons (Fsp3) is 0.294. The Bertz CT molecular complexity index is 1730. The van der Waals surface area contributed by atoms with Crippen molar-refractivity contribution in [3.63, 3.8) is 0 Å². The average Bonchev–Trinajstić information content (AvgIpc) is 2.98. The van der Waals surface area contributed by atoms with Gasteiger partial charge in [-0.2, -0.15) is 79.0 Å². The third-order valence-electron chi connectivity index (χ3n) is 6.01. The second kappa shape index (κ2) is 15.6. The van der Waals surface area contributed by atoms with Crippen LogP contribution in [0, 0.1) is 35.2 Å². The van der Waals surface area contributed by atoms with E-state index in [1.165, 1.54) is 35.2 Å². The number of halogens is 19. The maximum absolute atomic E-state index is 16.1. The van der Waals surface area contributed by atoms with E-state index in [1.807, 2.05) is 0 Å². The molecular weight excluding hydrogens is 794 g/mol. The highest BCUT2D eigenvalue weighted by molar-refractivity contribution is 6.95. The van der Waals surface area contributed by atoms with Crippen LogP contribution in [0.3, 0.4) is 0 Å². The molecule has 0 saturated carbocycles. The Morgan fingerprint density at radius 2 is 0.491 bits per heavy atom. The van der Waals surface area contributed by atoms with Crippen molar-refractivity contribution >= 4 is 6.42 Å². The summed E-state index contributed by atoms with van der Waals surface area (Å²) in [5, 5.41) is 0. The molecule has 3 aromatic rings. The number of quaternary nitrogens is 1. The lowest BCUT2D eigenvalue weighted by molar-refractivity contribution is -0.849. The zero-order valence-corrected chi connectivity index (χ0v) is 27.9. The molecule has 0 radical (unpaired) electrons. The molecule has 0 aliphatic rings. The van der Waals surface area contributed by atoms with Crippen molar-refractivity contribution in [2.45, 2.75) is 37.1 Å². The molecule has 21 heteroatoms. The van der Waals surface area contributed by atoms with Crippen LogP contribution in [0.15, 0.2) is 54.6 Å². The Kier molecular flexibility index (Phi) is 13.1. The molecule has 0 aliphatic carbocycles. The molecule has 0 aliphatic heterocycles. The first-order valence-corrected chi connectivity index (χ1v) is 14.5. The van der Waals surface area contributed by atoms with Gasteiger partial charge in [-0.15, -0.1) is 17.8 Å². The van der Waals surface area contributed by atoms with Gasteiger partial charge in [0.2, 0.25) is 0 Å². The van der Waals surface area contributed by atoms with Crippen LogP contribution in [0.4, 0.5) is 83.3 Å². The summed E-state index contributed by atoms with van der Waals surface area (Å²) in [5.41, 5.74) is -15.6. The van der Waals surface area contributed by atoms with Gasteiger partial charge in [-0.1, -0.05) is 0 Å². The summed E-state index contributed by atoms with van der Waals surface area (Å²) < 4.78 is 255. The van der Waals surface area contributed by atoms with Gasteiger partial charge in [-0.05, 0) is 54.6 Å². The van der Waals surface area contributed by atoms with E-state index >= 15 is 4.32 Å². The van der Waals surface area contributed by atoms with E-state index in [-0.39, 0.29) is 54.6 Å². The van der Waals surface area contributed by atoms with Crippen LogP contribution in [0.25, 0.3) is 0 Å². The first-order chi connectivity index (χ1) is 24.4. The molecule has 0 aromatic heterocycles. The second-order valence-electron chi connectivity index (χ2n) is 12.6. The van der Waals surface area contributed by atoms with E-state index in [0.29, 0.717) is 0 Å². The topological polar surface area (TPSA) is 0 Å². The van der Waals surface area contributed by atoms with Crippen LogP contribution in [0.2, 0.25) is 0 Å². The van der Waals surface area contributed by atoms with Crippen molar-refractivity contribution in [1.29, 1.82) is 0 Å². The molecule has 298 valence electrons. The lowest BCUT2D eigenvalue weighted by Gasteiger charge is -2.15. The van der Waals surface area contributed by atoms with Crippen molar-refractivity contribution in [2.75, 3.05) is 28.2 Å². The monoisotopic (exact) mass is 815 g/mol. The van der Waals surface area contributed by atoms with E-state index in [9.17, 15) is 79.0 Å². The number of benzene rings is 3. The molecular formula is C34H21BF19N. The maximum atomic E-state index is 16.1. The molecule has 0 heterocycles. The van der Waals surface area contributed by atoms with Crippen LogP contribution in [-0.4, -0.2) is 39.1 Å². The predicted molar refractivity (Wildman–Crippen MR) is 161 cm³/mol. The molecule has 55 heavy (non-hydrogen) atoms. The van der Waals surface area contributed by atoms with E-state index in [2.05, 4.69) is 28.2 Å². The smallest absolute Gasteiger partial charge is 0.416 e. The minimum Gasteiger partial charge on any atom is -0.472 e. The molecule has 0 bridgehead atoms. The highest BCUT2D eigenvalue weighted by Gasteiger charge is 2.39. The van der Waals surface area contributed by atoms with Gasteiger partial charge in [-0.25, -0.2) is 17.5 Å². The summed E-state index contributed by atoms with van der Waals surface area (Å²) in [6.45, 7) is 0. The van der Waals surface area contributed by atoms with Gasteiger partial charge >= 0.3 is 43.5 Å². The minimum absolute atomic E-state index is 0.0373. The zero-order valence-electron chi connectivity index (χ0n) is 27.9. The molecule has 0 fully saturated rings. The molecule has 0 amide bonds. The Labute approximate surface area is 299 Å². The lowest BCUT2D eigenvalue weighted by atomic mass is 9.45. The Morgan fingerprint density at radius 1 is 0.345 bits per heavy atom. The van der Waals surface area contributed by atoms with Gasteiger partial charge in [0, 0.05) is 16.7 Å². The summed E-state index contributed by atoms with van der Waals surface area (Å²) in [6, 6.07) is -1.32. The number of alkyl halides is 18. The Morgan fingerprint density at radius 3 is 0.618 bits per heavy atom. The number of nitrogens with zero attached hydrogens (tertiary/aromatic N) is 1. The molecule has 0 saturated heterocycles. The summed E-state index contributed by atoms with van der Waals surface area (Å²) in [4.78, 5) is 0. The van der Waals surface area contributed by atoms with Crippen molar-refractivity contribution in [2.24, 2.45) is 0 Å². The summed E-state index contributed by atoms with van der Waals surface area (Å²) in [7, 11) is 8.50. The van der Waals surface area contributed by atoms with Crippen LogP contribution in [0.1, 0.15) is 50.1 Å². The van der Waals surface area contributed by atoms with Gasteiger partial charge in [0.1, 0.15) is 0 Å². The highest BCUT2D eigenvalue weighted by Crippen LogP contribution is 2.39. The third-order valence-corrected chi connectivity index (χ3v) is 6.01. The van der Waals surface area contributed by atoms with Crippen molar-refractivity contribution in [3.8, 4) is 35.2 Å². The highest BCUT2D eigenvalue weighted by atomic mass is 19.4. The van der Waals surface area contributed by atoms with Gasteiger partial charge < -0.3 is 8.80 Å². The third kappa shape index (κ3) is 15.0. The minimum atomic E-state index is -5.45. The quantitative estimate of drug-likeness (QED) is 0.0918. The molecule has 3 rings (SSSR count). The zero-order chi connectivity index (χ0) is 42.8. The lowest BCUT2D eigenvalue weighted by Crippen LogP contribution is -2.27. The van der Waals surface area contributed by atoms with E-state index < -0.39 is 93.6 Å². The van der Waals surface area contributed by atoms with Gasteiger partial charge in [0.15, 0.2) is 0 Å². The molecule has 0 atom stereocenters. The van der Waals surface area contributed by atoms with Crippen molar-refractivity contribution in [3.05, 3.63) is 105 Å². The molecule has 0 N–H and O–H groups in total. The maximum Gasteiger partial charge on any atom is 0.416 e. The average molecular weight is 815 g/mol. The number of hydrogen-bond donors (Lipinski definition) is 0. The largest absolute Gasteiger partial charge is 0.472 e. The fourth-order valence-corrected chi connectivity index (χ4v) is 3.74. The first kappa shape index (κ1) is 46.2. The first-order valence-electron chi connectivity index (χ1n) is 14.5. The van der Waals surface area contributed by atoms with Crippen LogP contribution in [-0.2, 0) is 37.1 Å². The summed E-state index contributed by atoms with van der Waals surface area (Å²) >= 11 is 0.